The van der Waals surface area contributed by atoms with Crippen molar-refractivity contribution in [1.82, 2.24) is 4.90 Å². The lowest BCUT2D eigenvalue weighted by molar-refractivity contribution is -0.132. The van der Waals surface area contributed by atoms with E-state index < -0.39 is 5.97 Å². The number of carbonyl (C=O) groups excluding carboxylic acids is 1. The number of ether oxygens (including phenoxy) is 1. The van der Waals surface area contributed by atoms with Gasteiger partial charge in [0.2, 0.25) is 5.91 Å². The Bertz CT molecular complexity index is 788. The average molecular weight is 367 g/mol. The topological polar surface area (TPSA) is 66.8 Å². The molecule has 0 bridgehead atoms. The van der Waals surface area contributed by atoms with E-state index in [9.17, 15) is 9.59 Å². The first kappa shape index (κ1) is 19.1. The maximum absolute atomic E-state index is 12.4. The van der Waals surface area contributed by atoms with E-state index in [0.717, 1.165) is 24.0 Å². The van der Waals surface area contributed by atoms with Crippen LogP contribution in [0.5, 0.6) is 0 Å². The fraction of sp³-hybridized carbons (Fsp3) is 0.364. The van der Waals surface area contributed by atoms with Crippen molar-refractivity contribution in [3.63, 3.8) is 0 Å². The summed E-state index contributed by atoms with van der Waals surface area (Å²) in [5.74, 6) is -0.832. The van der Waals surface area contributed by atoms with E-state index in [4.69, 9.17) is 9.84 Å². The molecule has 5 nitrogen and oxygen atoms in total. The molecule has 0 spiro atoms. The SMILES string of the molecule is O=C(O)c1ccc2c(c1)CN(C(=O)CCCOCCc1ccccc1)CC2. The summed E-state index contributed by atoms with van der Waals surface area (Å²) >= 11 is 0. The Labute approximate surface area is 159 Å². The zero-order valence-corrected chi connectivity index (χ0v) is 15.4. The molecule has 1 N–H and O–H groups in total. The van der Waals surface area contributed by atoms with Crippen molar-refractivity contribution >= 4 is 11.9 Å². The van der Waals surface area contributed by atoms with Crippen molar-refractivity contribution in [2.75, 3.05) is 19.8 Å². The number of benzene rings is 2. The van der Waals surface area contributed by atoms with Crippen LogP contribution in [0, 0.1) is 0 Å². The largest absolute Gasteiger partial charge is 0.478 e. The normalized spacial score (nSPS) is 13.3. The van der Waals surface area contributed by atoms with E-state index in [1.165, 1.54) is 5.56 Å². The summed E-state index contributed by atoms with van der Waals surface area (Å²) in [5.41, 5.74) is 3.60. The van der Waals surface area contributed by atoms with Crippen LogP contribution in [-0.2, 0) is 28.9 Å². The highest BCUT2D eigenvalue weighted by Crippen LogP contribution is 2.21. The van der Waals surface area contributed by atoms with Crippen LogP contribution in [0.1, 0.15) is 39.9 Å². The molecule has 27 heavy (non-hydrogen) atoms. The second kappa shape index (κ2) is 9.33. The van der Waals surface area contributed by atoms with Crippen LogP contribution in [-0.4, -0.2) is 41.6 Å². The molecular weight excluding hydrogens is 342 g/mol. The molecule has 0 atom stereocenters. The summed E-state index contributed by atoms with van der Waals surface area (Å²) in [6.45, 7) is 2.41. The Balaban J connectivity index is 1.39. The number of rotatable bonds is 8. The minimum Gasteiger partial charge on any atom is -0.478 e. The van der Waals surface area contributed by atoms with Gasteiger partial charge in [-0.1, -0.05) is 36.4 Å². The molecule has 5 heteroatoms. The summed E-state index contributed by atoms with van der Waals surface area (Å²) in [6, 6.07) is 15.4. The van der Waals surface area contributed by atoms with Crippen molar-refractivity contribution in [3.8, 4) is 0 Å². The number of carboxylic acids is 1. The Morgan fingerprint density at radius 3 is 2.63 bits per heavy atom. The van der Waals surface area contributed by atoms with E-state index >= 15 is 0 Å². The molecule has 0 aliphatic carbocycles. The Morgan fingerprint density at radius 2 is 1.85 bits per heavy atom. The van der Waals surface area contributed by atoms with Crippen LogP contribution in [0.15, 0.2) is 48.5 Å². The number of carbonyl (C=O) groups is 2. The molecule has 1 heterocycles. The standard InChI is InChI=1S/C22H25NO4/c24-21(7-4-13-27-14-11-17-5-2-1-3-6-17)23-12-10-18-8-9-19(22(25)26)15-20(18)16-23/h1-3,5-6,8-9,15H,4,7,10-14,16H2,(H,25,26). The zero-order valence-electron chi connectivity index (χ0n) is 15.4. The monoisotopic (exact) mass is 367 g/mol. The van der Waals surface area contributed by atoms with Gasteiger partial charge in [-0.2, -0.15) is 0 Å². The molecule has 0 unspecified atom stereocenters. The predicted molar refractivity (Wildman–Crippen MR) is 103 cm³/mol. The highest BCUT2D eigenvalue weighted by atomic mass is 16.5. The number of carboxylic acid groups (broad SMARTS) is 1. The maximum atomic E-state index is 12.4. The fourth-order valence-electron chi connectivity index (χ4n) is 3.32. The lowest BCUT2D eigenvalue weighted by atomic mass is 9.97. The number of hydrogen-bond donors (Lipinski definition) is 1. The van der Waals surface area contributed by atoms with Gasteiger partial charge in [0.1, 0.15) is 0 Å². The number of aromatic carboxylic acids is 1. The van der Waals surface area contributed by atoms with Crippen LogP contribution < -0.4 is 0 Å². The second-order valence-electron chi connectivity index (χ2n) is 6.81. The molecule has 0 radical (unpaired) electrons. The first-order valence-electron chi connectivity index (χ1n) is 9.38. The molecule has 0 fully saturated rings. The lowest BCUT2D eigenvalue weighted by Crippen LogP contribution is -2.36. The van der Waals surface area contributed by atoms with Gasteiger partial charge in [0, 0.05) is 26.1 Å². The average Bonchev–Trinajstić information content (AvgIpc) is 2.70. The Kier molecular flexibility index (Phi) is 6.60. The van der Waals surface area contributed by atoms with Crippen molar-refractivity contribution in [2.45, 2.75) is 32.2 Å². The minimum absolute atomic E-state index is 0.105. The van der Waals surface area contributed by atoms with Crippen LogP contribution in [0.2, 0.25) is 0 Å². The van der Waals surface area contributed by atoms with E-state index in [2.05, 4.69) is 12.1 Å². The Hall–Kier alpha value is -2.66. The first-order chi connectivity index (χ1) is 13.1. The van der Waals surface area contributed by atoms with Gasteiger partial charge in [0.15, 0.2) is 0 Å². The first-order valence-corrected chi connectivity index (χ1v) is 9.38. The summed E-state index contributed by atoms with van der Waals surface area (Å²) in [7, 11) is 0. The quantitative estimate of drug-likeness (QED) is 0.727. The van der Waals surface area contributed by atoms with Gasteiger partial charge in [-0.05, 0) is 48.1 Å². The van der Waals surface area contributed by atoms with E-state index in [1.807, 2.05) is 29.2 Å². The third-order valence-electron chi connectivity index (χ3n) is 4.88. The van der Waals surface area contributed by atoms with Crippen molar-refractivity contribution in [3.05, 3.63) is 70.8 Å². The van der Waals surface area contributed by atoms with Gasteiger partial charge in [0.05, 0.1) is 12.2 Å². The lowest BCUT2D eigenvalue weighted by Gasteiger charge is -2.29. The highest BCUT2D eigenvalue weighted by Gasteiger charge is 2.21. The molecule has 0 aromatic heterocycles. The van der Waals surface area contributed by atoms with Gasteiger partial charge in [-0.15, -0.1) is 0 Å². The Morgan fingerprint density at radius 1 is 1.04 bits per heavy atom. The van der Waals surface area contributed by atoms with Crippen molar-refractivity contribution < 1.29 is 19.4 Å². The third kappa shape index (κ3) is 5.41. The molecule has 1 aliphatic rings. The zero-order chi connectivity index (χ0) is 19.1. The van der Waals surface area contributed by atoms with Crippen LogP contribution >= 0.6 is 0 Å². The number of nitrogens with zero attached hydrogens (tertiary/aromatic N) is 1. The molecule has 2 aromatic carbocycles. The van der Waals surface area contributed by atoms with Gasteiger partial charge in [-0.25, -0.2) is 4.79 Å². The summed E-state index contributed by atoms with van der Waals surface area (Å²) < 4.78 is 5.64. The summed E-state index contributed by atoms with van der Waals surface area (Å²) in [5, 5.41) is 9.13. The van der Waals surface area contributed by atoms with Crippen molar-refractivity contribution in [2.24, 2.45) is 0 Å². The molecule has 142 valence electrons. The molecule has 0 saturated carbocycles. The minimum atomic E-state index is -0.936. The van der Waals surface area contributed by atoms with Crippen LogP contribution in [0.25, 0.3) is 0 Å². The summed E-state index contributed by atoms with van der Waals surface area (Å²) in [4.78, 5) is 25.4. The van der Waals surface area contributed by atoms with Crippen molar-refractivity contribution in [1.29, 1.82) is 0 Å². The van der Waals surface area contributed by atoms with Gasteiger partial charge < -0.3 is 14.7 Å². The van der Waals surface area contributed by atoms with E-state index in [1.54, 1.807) is 12.1 Å². The van der Waals surface area contributed by atoms with Gasteiger partial charge in [-0.3, -0.25) is 4.79 Å². The molecule has 0 saturated heterocycles. The van der Waals surface area contributed by atoms with Gasteiger partial charge in [0.25, 0.3) is 0 Å². The molecular formula is C22H25NO4. The van der Waals surface area contributed by atoms with Crippen LogP contribution in [0.4, 0.5) is 0 Å². The van der Waals surface area contributed by atoms with E-state index in [-0.39, 0.29) is 11.5 Å². The molecule has 1 amide bonds. The van der Waals surface area contributed by atoms with E-state index in [0.29, 0.717) is 39.1 Å². The smallest absolute Gasteiger partial charge is 0.335 e. The fourth-order valence-corrected chi connectivity index (χ4v) is 3.32. The number of amides is 1. The second-order valence-corrected chi connectivity index (χ2v) is 6.81. The number of hydrogen-bond acceptors (Lipinski definition) is 3. The predicted octanol–water partition coefficient (Wildman–Crippen LogP) is 3.31. The van der Waals surface area contributed by atoms with Crippen LogP contribution in [0.3, 0.4) is 0 Å². The third-order valence-corrected chi connectivity index (χ3v) is 4.88. The maximum Gasteiger partial charge on any atom is 0.335 e. The highest BCUT2D eigenvalue weighted by molar-refractivity contribution is 5.88. The number of fused-ring (bicyclic) bond motifs is 1. The molecule has 1 aliphatic heterocycles. The summed E-state index contributed by atoms with van der Waals surface area (Å²) in [6.07, 6.45) is 2.81. The molecule has 2 aromatic rings. The molecule has 3 rings (SSSR count). The van der Waals surface area contributed by atoms with Gasteiger partial charge >= 0.3 is 5.97 Å².